The molecule has 7 nitrogen and oxygen atoms in total. The quantitative estimate of drug-likeness (QED) is 0.657. The molecule has 2 aromatic rings. The predicted octanol–water partition coefficient (Wildman–Crippen LogP) is 3.32. The molecule has 0 spiro atoms. The normalized spacial score (nSPS) is 15.3. The van der Waals surface area contributed by atoms with E-state index in [-0.39, 0.29) is 24.2 Å². The van der Waals surface area contributed by atoms with Gasteiger partial charge in [0.2, 0.25) is 11.8 Å². The van der Waals surface area contributed by atoms with Crippen molar-refractivity contribution in [2.45, 2.75) is 25.3 Å². The minimum atomic E-state index is -0.695. The molecule has 0 radical (unpaired) electrons. The number of anilines is 1. The summed E-state index contributed by atoms with van der Waals surface area (Å²) in [5.74, 6) is -0.251. The van der Waals surface area contributed by atoms with E-state index in [1.54, 1.807) is 29.2 Å². The molecule has 0 unspecified atom stereocenters. The molecule has 4 N–H and O–H groups in total. The van der Waals surface area contributed by atoms with Gasteiger partial charge in [-0.25, -0.2) is 4.79 Å². The Labute approximate surface area is 180 Å². The Hall–Kier alpha value is -3.06. The molecule has 1 aliphatic rings. The summed E-state index contributed by atoms with van der Waals surface area (Å²) in [7, 11) is 0. The highest BCUT2D eigenvalue weighted by Crippen LogP contribution is 2.24. The minimum Gasteiger partial charge on any atom is -0.352 e. The number of hydrogen-bond donors (Lipinski definition) is 3. The summed E-state index contributed by atoms with van der Waals surface area (Å²) in [6.45, 7) is 0.991. The highest BCUT2D eigenvalue weighted by atomic mass is 35.5. The number of primary amides is 1. The van der Waals surface area contributed by atoms with E-state index < -0.39 is 12.1 Å². The molecule has 1 fully saturated rings. The molecule has 4 amide bonds. The van der Waals surface area contributed by atoms with Crippen molar-refractivity contribution in [3.8, 4) is 0 Å². The van der Waals surface area contributed by atoms with Gasteiger partial charge in [0.05, 0.1) is 12.5 Å². The fourth-order valence-corrected chi connectivity index (χ4v) is 3.71. The van der Waals surface area contributed by atoms with Crippen molar-refractivity contribution in [2.24, 2.45) is 11.7 Å². The first-order chi connectivity index (χ1) is 14.4. The SMILES string of the molecule is NC(=O)N[C@@H](CC(=O)N1CCC(C(=O)Nc2ccccc2)CC1)c1ccc(Cl)cc1. The molecule has 3 rings (SSSR count). The standard InChI is InChI=1S/C22H25ClN4O3/c23-17-8-6-15(7-9-17)19(26-22(24)30)14-20(28)27-12-10-16(11-13-27)21(29)25-18-4-2-1-3-5-18/h1-9,16,19H,10-14H2,(H,25,29)(H3,24,26,30)/t19-/m0/s1. The van der Waals surface area contributed by atoms with Crippen molar-refractivity contribution in [3.63, 3.8) is 0 Å². The maximum atomic E-state index is 12.8. The largest absolute Gasteiger partial charge is 0.352 e. The number of rotatable bonds is 6. The Morgan fingerprint density at radius 3 is 2.27 bits per heavy atom. The van der Waals surface area contributed by atoms with E-state index in [9.17, 15) is 14.4 Å². The number of nitrogens with zero attached hydrogens (tertiary/aromatic N) is 1. The van der Waals surface area contributed by atoms with Crippen LogP contribution in [0.4, 0.5) is 10.5 Å². The van der Waals surface area contributed by atoms with Crippen LogP contribution in [0.3, 0.4) is 0 Å². The molecule has 0 saturated carbocycles. The van der Waals surface area contributed by atoms with E-state index in [2.05, 4.69) is 10.6 Å². The number of nitrogens with two attached hydrogens (primary N) is 1. The molecular weight excluding hydrogens is 404 g/mol. The van der Waals surface area contributed by atoms with Crippen molar-refractivity contribution in [2.75, 3.05) is 18.4 Å². The monoisotopic (exact) mass is 428 g/mol. The summed E-state index contributed by atoms with van der Waals surface area (Å²) in [6.07, 6.45) is 1.28. The third kappa shape index (κ3) is 5.97. The number of likely N-dealkylation sites (tertiary alicyclic amines) is 1. The van der Waals surface area contributed by atoms with Crippen LogP contribution in [-0.2, 0) is 9.59 Å². The average molecular weight is 429 g/mol. The Kier molecular flexibility index (Phi) is 7.30. The van der Waals surface area contributed by atoms with E-state index in [0.717, 1.165) is 11.3 Å². The Bertz CT molecular complexity index is 881. The van der Waals surface area contributed by atoms with E-state index in [0.29, 0.717) is 31.0 Å². The van der Waals surface area contributed by atoms with Gasteiger partial charge < -0.3 is 21.3 Å². The first kappa shape index (κ1) is 21.6. The van der Waals surface area contributed by atoms with Crippen LogP contribution in [0, 0.1) is 5.92 Å². The zero-order chi connectivity index (χ0) is 21.5. The van der Waals surface area contributed by atoms with Crippen molar-refractivity contribution >= 4 is 35.1 Å². The van der Waals surface area contributed by atoms with Crippen LogP contribution in [0.15, 0.2) is 54.6 Å². The third-order valence-electron chi connectivity index (χ3n) is 5.23. The number of urea groups is 1. The second-order valence-corrected chi connectivity index (χ2v) is 7.76. The number of carbonyl (C=O) groups excluding carboxylic acids is 3. The smallest absolute Gasteiger partial charge is 0.312 e. The van der Waals surface area contributed by atoms with Gasteiger partial charge in [-0.05, 0) is 42.7 Å². The number of carbonyl (C=O) groups is 3. The number of halogens is 1. The van der Waals surface area contributed by atoms with Crippen molar-refractivity contribution in [1.82, 2.24) is 10.2 Å². The molecule has 0 aliphatic carbocycles. The summed E-state index contributed by atoms with van der Waals surface area (Å²) in [4.78, 5) is 38.4. The Balaban J connectivity index is 1.55. The second-order valence-electron chi connectivity index (χ2n) is 7.33. The van der Waals surface area contributed by atoms with E-state index in [4.69, 9.17) is 17.3 Å². The number of amides is 4. The summed E-state index contributed by atoms with van der Waals surface area (Å²) < 4.78 is 0. The van der Waals surface area contributed by atoms with Crippen LogP contribution in [0.25, 0.3) is 0 Å². The topological polar surface area (TPSA) is 105 Å². The van der Waals surface area contributed by atoms with E-state index >= 15 is 0 Å². The maximum absolute atomic E-state index is 12.8. The molecule has 1 aliphatic heterocycles. The number of hydrogen-bond acceptors (Lipinski definition) is 3. The van der Waals surface area contributed by atoms with Crippen molar-refractivity contribution in [3.05, 3.63) is 65.2 Å². The highest BCUT2D eigenvalue weighted by molar-refractivity contribution is 6.30. The lowest BCUT2D eigenvalue weighted by molar-refractivity contribution is -0.135. The Morgan fingerprint density at radius 1 is 1.03 bits per heavy atom. The minimum absolute atomic E-state index is 0.0252. The van der Waals surface area contributed by atoms with Gasteiger partial charge in [-0.2, -0.15) is 0 Å². The maximum Gasteiger partial charge on any atom is 0.312 e. The van der Waals surface area contributed by atoms with Crippen LogP contribution in [-0.4, -0.2) is 35.8 Å². The van der Waals surface area contributed by atoms with Gasteiger partial charge >= 0.3 is 6.03 Å². The van der Waals surface area contributed by atoms with Crippen LogP contribution >= 0.6 is 11.6 Å². The lowest BCUT2D eigenvalue weighted by atomic mass is 9.95. The van der Waals surface area contributed by atoms with Crippen LogP contribution in [0.1, 0.15) is 30.9 Å². The van der Waals surface area contributed by atoms with Crippen molar-refractivity contribution < 1.29 is 14.4 Å². The molecule has 1 saturated heterocycles. The average Bonchev–Trinajstić information content (AvgIpc) is 2.74. The second kappa shape index (κ2) is 10.1. The number of nitrogens with one attached hydrogen (secondary N) is 2. The Morgan fingerprint density at radius 2 is 1.67 bits per heavy atom. The van der Waals surface area contributed by atoms with Gasteiger partial charge in [0.25, 0.3) is 0 Å². The fraction of sp³-hybridized carbons (Fsp3) is 0.318. The summed E-state index contributed by atoms with van der Waals surface area (Å²) in [6, 6.07) is 15.0. The molecular formula is C22H25ClN4O3. The van der Waals surface area contributed by atoms with E-state index in [1.165, 1.54) is 0 Å². The molecule has 30 heavy (non-hydrogen) atoms. The summed E-state index contributed by atoms with van der Waals surface area (Å²) in [5.41, 5.74) is 6.81. The van der Waals surface area contributed by atoms with Gasteiger partial charge in [0.15, 0.2) is 0 Å². The summed E-state index contributed by atoms with van der Waals surface area (Å²) >= 11 is 5.92. The van der Waals surface area contributed by atoms with Gasteiger partial charge in [0, 0.05) is 29.7 Å². The highest BCUT2D eigenvalue weighted by Gasteiger charge is 2.29. The first-order valence-electron chi connectivity index (χ1n) is 9.87. The van der Waals surface area contributed by atoms with Crippen LogP contribution in [0.5, 0.6) is 0 Å². The molecule has 1 atom stereocenters. The number of piperidine rings is 1. The van der Waals surface area contributed by atoms with Gasteiger partial charge in [-0.3, -0.25) is 9.59 Å². The molecule has 2 aromatic carbocycles. The zero-order valence-corrected chi connectivity index (χ0v) is 17.3. The van der Waals surface area contributed by atoms with Crippen molar-refractivity contribution in [1.29, 1.82) is 0 Å². The molecule has 0 aromatic heterocycles. The van der Waals surface area contributed by atoms with Gasteiger partial charge in [-0.15, -0.1) is 0 Å². The first-order valence-corrected chi connectivity index (χ1v) is 10.3. The molecule has 0 bridgehead atoms. The lowest BCUT2D eigenvalue weighted by Gasteiger charge is -2.32. The molecule has 1 heterocycles. The number of benzene rings is 2. The van der Waals surface area contributed by atoms with Gasteiger partial charge in [0.1, 0.15) is 0 Å². The number of para-hydroxylation sites is 1. The summed E-state index contributed by atoms with van der Waals surface area (Å²) in [5, 5.41) is 6.11. The zero-order valence-electron chi connectivity index (χ0n) is 16.5. The fourth-order valence-electron chi connectivity index (χ4n) is 3.58. The molecule has 8 heteroatoms. The third-order valence-corrected chi connectivity index (χ3v) is 5.48. The van der Waals surface area contributed by atoms with Gasteiger partial charge in [-0.1, -0.05) is 41.9 Å². The lowest BCUT2D eigenvalue weighted by Crippen LogP contribution is -2.43. The van der Waals surface area contributed by atoms with E-state index in [1.807, 2.05) is 30.3 Å². The molecule has 158 valence electrons. The van der Waals surface area contributed by atoms with Crippen LogP contribution < -0.4 is 16.4 Å². The van der Waals surface area contributed by atoms with Crippen LogP contribution in [0.2, 0.25) is 5.02 Å². The predicted molar refractivity (Wildman–Crippen MR) is 116 cm³/mol.